The van der Waals surface area contributed by atoms with Crippen molar-refractivity contribution in [3.05, 3.63) is 0 Å². The fourth-order valence-electron chi connectivity index (χ4n) is 3.85. The highest BCUT2D eigenvalue weighted by atomic mass is 15.2. The predicted octanol–water partition coefficient (Wildman–Crippen LogP) is 2.52. The van der Waals surface area contributed by atoms with E-state index in [1.807, 2.05) is 0 Å². The van der Waals surface area contributed by atoms with Crippen molar-refractivity contribution in [2.75, 3.05) is 6.54 Å². The number of rotatable bonds is 4. The third kappa shape index (κ3) is 2.43. The molecule has 0 aromatic heterocycles. The van der Waals surface area contributed by atoms with E-state index in [9.17, 15) is 0 Å². The first-order chi connectivity index (χ1) is 7.83. The molecule has 2 nitrogen and oxygen atoms in total. The van der Waals surface area contributed by atoms with E-state index >= 15 is 0 Å². The van der Waals surface area contributed by atoms with Crippen LogP contribution >= 0.6 is 0 Å². The molecule has 2 heterocycles. The van der Waals surface area contributed by atoms with E-state index in [0.717, 1.165) is 18.0 Å². The molecule has 1 aliphatic carbocycles. The Labute approximate surface area is 99.6 Å². The molecule has 0 amide bonds. The lowest BCUT2D eigenvalue weighted by molar-refractivity contribution is 0.0300. The van der Waals surface area contributed by atoms with Crippen LogP contribution in [-0.2, 0) is 0 Å². The first-order valence-corrected chi connectivity index (χ1v) is 7.34. The Balaban J connectivity index is 1.51. The van der Waals surface area contributed by atoms with Crippen molar-refractivity contribution in [2.45, 2.75) is 75.9 Å². The topological polar surface area (TPSA) is 29.3 Å². The lowest BCUT2D eigenvalue weighted by Gasteiger charge is -2.48. The van der Waals surface area contributed by atoms with Crippen LogP contribution in [0, 0.1) is 5.92 Å². The zero-order valence-corrected chi connectivity index (χ0v) is 10.4. The zero-order chi connectivity index (χ0) is 11.0. The van der Waals surface area contributed by atoms with Crippen molar-refractivity contribution in [3.63, 3.8) is 0 Å². The molecule has 3 fully saturated rings. The molecule has 2 saturated heterocycles. The summed E-state index contributed by atoms with van der Waals surface area (Å²) in [4.78, 5) is 2.81. The van der Waals surface area contributed by atoms with E-state index < -0.39 is 0 Å². The van der Waals surface area contributed by atoms with E-state index in [-0.39, 0.29) is 0 Å². The summed E-state index contributed by atoms with van der Waals surface area (Å²) in [7, 11) is 0. The second-order valence-electron chi connectivity index (χ2n) is 6.29. The van der Waals surface area contributed by atoms with Crippen molar-refractivity contribution in [3.8, 4) is 0 Å². The third-order valence-electron chi connectivity index (χ3n) is 4.89. The SMILES string of the molecule is NC1CC2CCCC(C1)N2CCCC1CC1. The molecule has 2 N–H and O–H groups in total. The Bertz CT molecular complexity index is 223. The van der Waals surface area contributed by atoms with Crippen LogP contribution in [0.25, 0.3) is 0 Å². The minimum Gasteiger partial charge on any atom is -0.328 e. The molecule has 3 rings (SSSR count). The van der Waals surface area contributed by atoms with E-state index in [2.05, 4.69) is 4.90 Å². The fourth-order valence-corrected chi connectivity index (χ4v) is 3.85. The Kier molecular flexibility index (Phi) is 3.21. The summed E-state index contributed by atoms with van der Waals surface area (Å²) in [5.41, 5.74) is 6.15. The Morgan fingerprint density at radius 1 is 1.00 bits per heavy atom. The molecule has 1 saturated carbocycles. The largest absolute Gasteiger partial charge is 0.328 e. The van der Waals surface area contributed by atoms with Gasteiger partial charge in [-0.1, -0.05) is 19.3 Å². The Morgan fingerprint density at radius 2 is 1.69 bits per heavy atom. The second-order valence-corrected chi connectivity index (χ2v) is 6.29. The van der Waals surface area contributed by atoms with Gasteiger partial charge in [0.05, 0.1) is 0 Å². The lowest BCUT2D eigenvalue weighted by Crippen LogP contribution is -2.55. The molecule has 0 spiro atoms. The molecule has 2 aliphatic heterocycles. The molecular formula is C14H26N2. The zero-order valence-electron chi connectivity index (χ0n) is 10.4. The first-order valence-electron chi connectivity index (χ1n) is 7.34. The van der Waals surface area contributed by atoms with Gasteiger partial charge in [-0.3, -0.25) is 4.90 Å². The van der Waals surface area contributed by atoms with Crippen LogP contribution in [0.5, 0.6) is 0 Å². The van der Waals surface area contributed by atoms with Gasteiger partial charge in [0.1, 0.15) is 0 Å². The van der Waals surface area contributed by atoms with Gasteiger partial charge < -0.3 is 5.73 Å². The van der Waals surface area contributed by atoms with E-state index in [1.165, 1.54) is 64.3 Å². The summed E-state index contributed by atoms with van der Waals surface area (Å²) in [6.45, 7) is 1.36. The van der Waals surface area contributed by atoms with Crippen LogP contribution in [0.3, 0.4) is 0 Å². The maximum atomic E-state index is 6.15. The van der Waals surface area contributed by atoms with E-state index in [0.29, 0.717) is 6.04 Å². The number of fused-ring (bicyclic) bond motifs is 2. The van der Waals surface area contributed by atoms with Crippen LogP contribution in [0.2, 0.25) is 0 Å². The number of hydrogen-bond acceptors (Lipinski definition) is 2. The van der Waals surface area contributed by atoms with Crippen molar-refractivity contribution < 1.29 is 0 Å². The normalized spacial score (nSPS) is 39.9. The van der Waals surface area contributed by atoms with Crippen molar-refractivity contribution in [2.24, 2.45) is 11.7 Å². The van der Waals surface area contributed by atoms with E-state index in [4.69, 9.17) is 5.73 Å². The maximum absolute atomic E-state index is 6.15. The van der Waals surface area contributed by atoms with Crippen molar-refractivity contribution in [1.29, 1.82) is 0 Å². The average molecular weight is 222 g/mol. The summed E-state index contributed by atoms with van der Waals surface area (Å²) >= 11 is 0. The maximum Gasteiger partial charge on any atom is 0.0113 e. The molecule has 2 unspecified atom stereocenters. The van der Waals surface area contributed by atoms with Crippen molar-refractivity contribution in [1.82, 2.24) is 4.90 Å². The lowest BCUT2D eigenvalue weighted by atomic mass is 9.82. The predicted molar refractivity (Wildman–Crippen MR) is 67.3 cm³/mol. The van der Waals surface area contributed by atoms with Crippen LogP contribution in [0.4, 0.5) is 0 Å². The molecule has 2 bridgehead atoms. The Morgan fingerprint density at radius 3 is 2.31 bits per heavy atom. The number of nitrogens with zero attached hydrogens (tertiary/aromatic N) is 1. The van der Waals surface area contributed by atoms with Crippen LogP contribution in [-0.4, -0.2) is 29.6 Å². The molecule has 2 atom stereocenters. The number of hydrogen-bond donors (Lipinski definition) is 1. The highest BCUT2D eigenvalue weighted by Crippen LogP contribution is 2.36. The van der Waals surface area contributed by atoms with Gasteiger partial charge in [0.15, 0.2) is 0 Å². The van der Waals surface area contributed by atoms with Crippen LogP contribution < -0.4 is 5.73 Å². The molecule has 0 aromatic carbocycles. The smallest absolute Gasteiger partial charge is 0.0113 e. The van der Waals surface area contributed by atoms with Gasteiger partial charge in [-0.2, -0.15) is 0 Å². The molecule has 2 heteroatoms. The molecule has 0 radical (unpaired) electrons. The first kappa shape index (κ1) is 11.0. The van der Waals surface area contributed by atoms with Gasteiger partial charge in [-0.15, -0.1) is 0 Å². The van der Waals surface area contributed by atoms with E-state index in [1.54, 1.807) is 0 Å². The quantitative estimate of drug-likeness (QED) is 0.792. The summed E-state index contributed by atoms with van der Waals surface area (Å²) in [6, 6.07) is 2.17. The highest BCUT2D eigenvalue weighted by Gasteiger charge is 2.36. The molecule has 0 aromatic rings. The minimum absolute atomic E-state index is 0.495. The van der Waals surface area contributed by atoms with Gasteiger partial charge in [-0.05, 0) is 51.0 Å². The summed E-state index contributed by atoms with van der Waals surface area (Å²) < 4.78 is 0. The summed E-state index contributed by atoms with van der Waals surface area (Å²) in [5.74, 6) is 1.10. The number of nitrogens with two attached hydrogens (primary N) is 1. The highest BCUT2D eigenvalue weighted by molar-refractivity contribution is 4.93. The average Bonchev–Trinajstić information content (AvgIpc) is 3.02. The van der Waals surface area contributed by atoms with Gasteiger partial charge >= 0.3 is 0 Å². The third-order valence-corrected chi connectivity index (χ3v) is 4.89. The van der Waals surface area contributed by atoms with Gasteiger partial charge in [0, 0.05) is 18.1 Å². The molecular weight excluding hydrogens is 196 g/mol. The summed E-state index contributed by atoms with van der Waals surface area (Å²) in [5, 5.41) is 0. The fraction of sp³-hybridized carbons (Fsp3) is 1.00. The molecule has 92 valence electrons. The van der Waals surface area contributed by atoms with Crippen molar-refractivity contribution >= 4 is 0 Å². The van der Waals surface area contributed by atoms with Gasteiger partial charge in [0.2, 0.25) is 0 Å². The van der Waals surface area contributed by atoms with Gasteiger partial charge in [-0.25, -0.2) is 0 Å². The van der Waals surface area contributed by atoms with Crippen LogP contribution in [0.1, 0.15) is 57.8 Å². The van der Waals surface area contributed by atoms with Crippen LogP contribution in [0.15, 0.2) is 0 Å². The molecule has 16 heavy (non-hydrogen) atoms. The minimum atomic E-state index is 0.495. The van der Waals surface area contributed by atoms with Gasteiger partial charge in [0.25, 0.3) is 0 Å². The number of piperidine rings is 2. The standard InChI is InChI=1S/C14H26N2/c15-12-9-13-4-1-5-14(10-12)16(13)8-2-3-11-6-7-11/h11-14H,1-10,15H2. The summed E-state index contributed by atoms with van der Waals surface area (Å²) in [6.07, 6.45) is 12.7. The molecule has 3 aliphatic rings. The Hall–Kier alpha value is -0.0800. The second kappa shape index (κ2) is 4.66. The monoisotopic (exact) mass is 222 g/mol.